The van der Waals surface area contributed by atoms with Gasteiger partial charge in [0.15, 0.2) is 0 Å². The van der Waals surface area contributed by atoms with E-state index >= 15 is 0 Å². The molecule has 1 saturated carbocycles. The summed E-state index contributed by atoms with van der Waals surface area (Å²) in [5.74, 6) is 2.03. The van der Waals surface area contributed by atoms with E-state index in [1.807, 2.05) is 6.20 Å². The highest BCUT2D eigenvalue weighted by Crippen LogP contribution is 2.31. The third kappa shape index (κ3) is 4.20. The number of anilines is 1. The Bertz CT molecular complexity index is 370. The number of pyridine rings is 1. The number of nitrogens with zero attached hydrogens (tertiary/aromatic N) is 2. The number of hydrogen-bond acceptors (Lipinski definition) is 3. The molecule has 1 aliphatic carbocycles. The van der Waals surface area contributed by atoms with Gasteiger partial charge in [-0.05, 0) is 57.2 Å². The van der Waals surface area contributed by atoms with Gasteiger partial charge in [-0.2, -0.15) is 0 Å². The molecule has 0 amide bonds. The van der Waals surface area contributed by atoms with Crippen LogP contribution in [0.2, 0.25) is 0 Å². The fourth-order valence-corrected chi connectivity index (χ4v) is 2.32. The second-order valence-corrected chi connectivity index (χ2v) is 5.61. The van der Waals surface area contributed by atoms with E-state index in [-0.39, 0.29) is 0 Å². The zero-order valence-corrected chi connectivity index (χ0v) is 12.5. The summed E-state index contributed by atoms with van der Waals surface area (Å²) in [6.45, 7) is 9.89. The van der Waals surface area contributed by atoms with E-state index in [2.05, 4.69) is 48.1 Å². The molecule has 0 aromatic carbocycles. The first-order chi connectivity index (χ1) is 9.24. The normalized spacial score (nSPS) is 16.4. The van der Waals surface area contributed by atoms with Gasteiger partial charge in [-0.3, -0.25) is 0 Å². The smallest absolute Gasteiger partial charge is 0.128 e. The predicted molar refractivity (Wildman–Crippen MR) is 81.6 cm³/mol. The van der Waals surface area contributed by atoms with Crippen molar-refractivity contribution >= 4 is 5.82 Å². The molecule has 1 atom stereocenters. The maximum atomic E-state index is 4.65. The molecule has 1 aromatic heterocycles. The summed E-state index contributed by atoms with van der Waals surface area (Å²) < 4.78 is 0. The van der Waals surface area contributed by atoms with Gasteiger partial charge in [0.2, 0.25) is 0 Å². The van der Waals surface area contributed by atoms with Gasteiger partial charge in [-0.25, -0.2) is 4.98 Å². The van der Waals surface area contributed by atoms with Gasteiger partial charge in [0.05, 0.1) is 0 Å². The molecule has 1 fully saturated rings. The fourth-order valence-electron chi connectivity index (χ4n) is 2.32. The molecule has 1 aromatic rings. The molecule has 3 nitrogen and oxygen atoms in total. The molecule has 0 spiro atoms. The van der Waals surface area contributed by atoms with Crippen LogP contribution in [0.25, 0.3) is 0 Å². The Morgan fingerprint density at radius 1 is 1.37 bits per heavy atom. The third-order valence-corrected chi connectivity index (χ3v) is 3.85. The number of aromatic nitrogens is 1. The molecule has 0 bridgehead atoms. The highest BCUT2D eigenvalue weighted by atomic mass is 15.2. The van der Waals surface area contributed by atoms with Crippen LogP contribution in [0.3, 0.4) is 0 Å². The van der Waals surface area contributed by atoms with Gasteiger partial charge >= 0.3 is 0 Å². The van der Waals surface area contributed by atoms with Crippen LogP contribution in [-0.4, -0.2) is 24.6 Å². The lowest BCUT2D eigenvalue weighted by atomic mass is 10.1. The number of rotatable bonds is 8. The van der Waals surface area contributed by atoms with Gasteiger partial charge in [0.1, 0.15) is 5.82 Å². The minimum Gasteiger partial charge on any atom is -0.357 e. The topological polar surface area (TPSA) is 28.2 Å². The van der Waals surface area contributed by atoms with Crippen molar-refractivity contribution < 1.29 is 0 Å². The van der Waals surface area contributed by atoms with E-state index in [0.29, 0.717) is 6.04 Å². The van der Waals surface area contributed by atoms with E-state index < -0.39 is 0 Å². The average molecular weight is 261 g/mol. The molecular weight excluding hydrogens is 234 g/mol. The lowest BCUT2D eigenvalue weighted by molar-refractivity contribution is 0.569. The van der Waals surface area contributed by atoms with E-state index in [0.717, 1.165) is 24.8 Å². The van der Waals surface area contributed by atoms with Crippen molar-refractivity contribution in [2.75, 3.05) is 24.5 Å². The molecule has 1 unspecified atom stereocenters. The van der Waals surface area contributed by atoms with E-state index in [4.69, 9.17) is 0 Å². The lowest BCUT2D eigenvalue weighted by Gasteiger charge is -2.22. The Morgan fingerprint density at radius 2 is 2.16 bits per heavy atom. The van der Waals surface area contributed by atoms with Gasteiger partial charge < -0.3 is 10.2 Å². The van der Waals surface area contributed by atoms with Crippen LogP contribution in [0.4, 0.5) is 5.82 Å². The second-order valence-electron chi connectivity index (χ2n) is 5.61. The van der Waals surface area contributed by atoms with Gasteiger partial charge in [0.25, 0.3) is 0 Å². The SMILES string of the molecule is CCCNC(C)c1ccc(N(CC)CC2CC2)nc1. The van der Waals surface area contributed by atoms with Gasteiger partial charge in [0, 0.05) is 25.3 Å². The first-order valence-corrected chi connectivity index (χ1v) is 7.68. The standard InChI is InChI=1S/C16H27N3/c1-4-10-17-13(3)15-8-9-16(18-11-15)19(5-2)12-14-6-7-14/h8-9,11,13-14,17H,4-7,10,12H2,1-3H3. The maximum Gasteiger partial charge on any atom is 0.128 e. The molecule has 1 aliphatic rings. The van der Waals surface area contributed by atoms with E-state index in [9.17, 15) is 0 Å². The number of hydrogen-bond donors (Lipinski definition) is 1. The monoisotopic (exact) mass is 261 g/mol. The predicted octanol–water partition coefficient (Wildman–Crippen LogP) is 3.38. The largest absolute Gasteiger partial charge is 0.357 e. The number of nitrogens with one attached hydrogen (secondary N) is 1. The molecular formula is C16H27N3. The Balaban J connectivity index is 1.95. The summed E-state index contributed by atoms with van der Waals surface area (Å²) in [7, 11) is 0. The van der Waals surface area contributed by atoms with Crippen molar-refractivity contribution in [3.8, 4) is 0 Å². The van der Waals surface area contributed by atoms with Gasteiger partial charge in [-0.1, -0.05) is 13.0 Å². The van der Waals surface area contributed by atoms with Crippen LogP contribution in [0.15, 0.2) is 18.3 Å². The molecule has 0 aliphatic heterocycles. The summed E-state index contributed by atoms with van der Waals surface area (Å²) in [5, 5.41) is 3.50. The quantitative estimate of drug-likeness (QED) is 0.777. The molecule has 106 valence electrons. The summed E-state index contributed by atoms with van der Waals surface area (Å²) in [6, 6.07) is 4.77. The van der Waals surface area contributed by atoms with Crippen molar-refractivity contribution in [3.05, 3.63) is 23.9 Å². The molecule has 2 rings (SSSR count). The first-order valence-electron chi connectivity index (χ1n) is 7.68. The minimum absolute atomic E-state index is 0.389. The summed E-state index contributed by atoms with van der Waals surface area (Å²) in [6.07, 6.45) is 5.98. The Morgan fingerprint density at radius 3 is 2.68 bits per heavy atom. The molecule has 1 N–H and O–H groups in total. The van der Waals surface area contributed by atoms with Crippen molar-refractivity contribution in [2.45, 2.75) is 46.1 Å². The zero-order chi connectivity index (χ0) is 13.7. The Hall–Kier alpha value is -1.09. The van der Waals surface area contributed by atoms with Crippen molar-refractivity contribution in [3.63, 3.8) is 0 Å². The lowest BCUT2D eigenvalue weighted by Crippen LogP contribution is -2.26. The highest BCUT2D eigenvalue weighted by Gasteiger charge is 2.24. The van der Waals surface area contributed by atoms with Crippen molar-refractivity contribution in [1.82, 2.24) is 10.3 Å². The minimum atomic E-state index is 0.389. The molecule has 1 heterocycles. The van der Waals surface area contributed by atoms with E-state index in [1.54, 1.807) is 0 Å². The Labute approximate surface area is 117 Å². The second kappa shape index (κ2) is 6.90. The molecule has 0 radical (unpaired) electrons. The average Bonchev–Trinajstić information content (AvgIpc) is 3.26. The molecule has 0 saturated heterocycles. The van der Waals surface area contributed by atoms with Crippen molar-refractivity contribution in [1.29, 1.82) is 0 Å². The van der Waals surface area contributed by atoms with Crippen LogP contribution in [0, 0.1) is 5.92 Å². The maximum absolute atomic E-state index is 4.65. The summed E-state index contributed by atoms with van der Waals surface area (Å²) >= 11 is 0. The summed E-state index contributed by atoms with van der Waals surface area (Å²) in [5.41, 5.74) is 1.28. The zero-order valence-electron chi connectivity index (χ0n) is 12.5. The van der Waals surface area contributed by atoms with Crippen molar-refractivity contribution in [2.24, 2.45) is 5.92 Å². The third-order valence-electron chi connectivity index (χ3n) is 3.85. The van der Waals surface area contributed by atoms with Crippen LogP contribution < -0.4 is 10.2 Å². The van der Waals surface area contributed by atoms with Crippen LogP contribution in [0.1, 0.15) is 51.6 Å². The summed E-state index contributed by atoms with van der Waals surface area (Å²) in [4.78, 5) is 7.04. The first kappa shape index (κ1) is 14.3. The van der Waals surface area contributed by atoms with Crippen LogP contribution >= 0.6 is 0 Å². The molecule has 19 heavy (non-hydrogen) atoms. The fraction of sp³-hybridized carbons (Fsp3) is 0.688. The van der Waals surface area contributed by atoms with Crippen LogP contribution in [-0.2, 0) is 0 Å². The Kier molecular flexibility index (Phi) is 5.20. The highest BCUT2D eigenvalue weighted by molar-refractivity contribution is 5.40. The van der Waals surface area contributed by atoms with Crippen LogP contribution in [0.5, 0.6) is 0 Å². The molecule has 3 heteroatoms. The van der Waals surface area contributed by atoms with E-state index in [1.165, 1.54) is 31.4 Å². The van der Waals surface area contributed by atoms with Gasteiger partial charge in [-0.15, -0.1) is 0 Å².